The third kappa shape index (κ3) is 4.34. The summed E-state index contributed by atoms with van der Waals surface area (Å²) in [5.74, 6) is 1.88. The van der Waals surface area contributed by atoms with Gasteiger partial charge in [-0.25, -0.2) is 9.97 Å². The second-order valence-electron chi connectivity index (χ2n) is 7.93. The number of piperazine rings is 1. The highest BCUT2D eigenvalue weighted by atomic mass is 15.4. The first-order valence-electron chi connectivity index (χ1n) is 10.4. The maximum atomic E-state index is 6.37. The zero-order valence-electron chi connectivity index (χ0n) is 17.4. The number of guanidine groups is 1. The first kappa shape index (κ1) is 19.6. The fourth-order valence-corrected chi connectivity index (χ4v) is 4.49. The van der Waals surface area contributed by atoms with Gasteiger partial charge in [0.15, 0.2) is 5.96 Å². The standard InChI is InChI=1S/C20H31N9/c1-26-10-3-5-16(18(26)17-6-9-25-27(17)2)15-24-19(21)28-11-13-29(14-12-28)20-22-7-4-8-23-20/h4,6-9,16,18H,3,5,10-15H2,1-2H3,(H2,21,24)/t16-,18+/m0/s1. The molecule has 0 radical (unpaired) electrons. The van der Waals surface area contributed by atoms with Crippen LogP contribution < -0.4 is 10.6 Å². The first-order chi connectivity index (χ1) is 14.1. The molecule has 4 heterocycles. The van der Waals surface area contributed by atoms with Gasteiger partial charge in [0.05, 0.1) is 11.7 Å². The van der Waals surface area contributed by atoms with Gasteiger partial charge in [-0.05, 0) is 44.5 Å². The van der Waals surface area contributed by atoms with Crippen LogP contribution in [-0.2, 0) is 7.05 Å². The van der Waals surface area contributed by atoms with E-state index in [1.165, 1.54) is 12.1 Å². The molecule has 0 spiro atoms. The van der Waals surface area contributed by atoms with E-state index in [-0.39, 0.29) is 0 Å². The molecule has 0 saturated carbocycles. The molecular weight excluding hydrogens is 366 g/mol. The Hall–Kier alpha value is -2.68. The number of anilines is 1. The SMILES string of the molecule is CN1CCC[C@@H](CN=C(N)N2CCN(c3ncccn3)CC2)[C@@H]1c1ccnn1C. The van der Waals surface area contributed by atoms with E-state index >= 15 is 0 Å². The van der Waals surface area contributed by atoms with E-state index in [2.05, 4.69) is 42.9 Å². The predicted octanol–water partition coefficient (Wildman–Crippen LogP) is 0.730. The molecule has 0 unspecified atom stereocenters. The molecule has 2 aliphatic rings. The minimum atomic E-state index is 0.333. The highest BCUT2D eigenvalue weighted by molar-refractivity contribution is 5.78. The van der Waals surface area contributed by atoms with Crippen molar-refractivity contribution in [3.63, 3.8) is 0 Å². The average Bonchev–Trinajstić information content (AvgIpc) is 3.18. The lowest BCUT2D eigenvalue weighted by atomic mass is 9.87. The number of hydrogen-bond donors (Lipinski definition) is 1. The third-order valence-electron chi connectivity index (χ3n) is 6.10. The molecule has 2 aliphatic heterocycles. The van der Waals surface area contributed by atoms with E-state index in [0.717, 1.165) is 51.6 Å². The summed E-state index contributed by atoms with van der Waals surface area (Å²) in [5.41, 5.74) is 7.63. The van der Waals surface area contributed by atoms with Gasteiger partial charge in [0.1, 0.15) is 0 Å². The van der Waals surface area contributed by atoms with Gasteiger partial charge in [0.25, 0.3) is 0 Å². The molecule has 0 amide bonds. The van der Waals surface area contributed by atoms with E-state index in [9.17, 15) is 0 Å². The molecule has 4 rings (SSSR count). The molecule has 2 atom stereocenters. The fraction of sp³-hybridized carbons (Fsp3) is 0.600. The predicted molar refractivity (Wildman–Crippen MR) is 114 cm³/mol. The van der Waals surface area contributed by atoms with Crippen LogP contribution in [0.1, 0.15) is 24.6 Å². The van der Waals surface area contributed by atoms with Crippen LogP contribution in [0.25, 0.3) is 0 Å². The van der Waals surface area contributed by atoms with Gasteiger partial charge in [-0.2, -0.15) is 5.10 Å². The number of likely N-dealkylation sites (tertiary alicyclic amines) is 1. The van der Waals surface area contributed by atoms with Gasteiger partial charge in [-0.1, -0.05) is 0 Å². The minimum Gasteiger partial charge on any atom is -0.370 e. The monoisotopic (exact) mass is 397 g/mol. The molecule has 0 aliphatic carbocycles. The van der Waals surface area contributed by atoms with Gasteiger partial charge in [0.2, 0.25) is 5.95 Å². The fourth-order valence-electron chi connectivity index (χ4n) is 4.49. The van der Waals surface area contributed by atoms with Crippen LogP contribution in [0.2, 0.25) is 0 Å². The second-order valence-corrected chi connectivity index (χ2v) is 7.93. The third-order valence-corrected chi connectivity index (χ3v) is 6.10. The van der Waals surface area contributed by atoms with Gasteiger partial charge >= 0.3 is 0 Å². The summed E-state index contributed by atoms with van der Waals surface area (Å²) in [5, 5.41) is 4.37. The maximum absolute atomic E-state index is 6.37. The topological polar surface area (TPSA) is 91.7 Å². The first-order valence-corrected chi connectivity index (χ1v) is 10.4. The van der Waals surface area contributed by atoms with Crippen molar-refractivity contribution in [1.82, 2.24) is 29.5 Å². The highest BCUT2D eigenvalue weighted by Crippen LogP contribution is 2.34. The number of rotatable bonds is 4. The van der Waals surface area contributed by atoms with Crippen molar-refractivity contribution in [3.8, 4) is 0 Å². The van der Waals surface area contributed by atoms with Crippen LogP contribution in [-0.4, -0.2) is 81.8 Å². The Morgan fingerprint density at radius 3 is 2.55 bits per heavy atom. The molecule has 2 aromatic rings. The molecule has 2 aromatic heterocycles. The maximum Gasteiger partial charge on any atom is 0.225 e. The Morgan fingerprint density at radius 1 is 1.10 bits per heavy atom. The molecule has 29 heavy (non-hydrogen) atoms. The van der Waals surface area contributed by atoms with E-state index in [1.807, 2.05) is 24.0 Å². The van der Waals surface area contributed by atoms with Crippen molar-refractivity contribution in [1.29, 1.82) is 0 Å². The normalized spacial score (nSPS) is 24.1. The Balaban J connectivity index is 1.37. The van der Waals surface area contributed by atoms with E-state index in [0.29, 0.717) is 17.9 Å². The lowest BCUT2D eigenvalue weighted by Gasteiger charge is -2.39. The summed E-state index contributed by atoms with van der Waals surface area (Å²) >= 11 is 0. The van der Waals surface area contributed by atoms with Crippen LogP contribution in [0.4, 0.5) is 5.95 Å². The molecular formula is C20H31N9. The molecule has 0 bridgehead atoms. The quantitative estimate of drug-likeness (QED) is 0.601. The summed E-state index contributed by atoms with van der Waals surface area (Å²) in [7, 11) is 4.21. The largest absolute Gasteiger partial charge is 0.370 e. The smallest absolute Gasteiger partial charge is 0.225 e. The molecule has 9 heteroatoms. The minimum absolute atomic E-state index is 0.333. The number of aryl methyl sites for hydroxylation is 1. The van der Waals surface area contributed by atoms with Crippen LogP contribution in [0, 0.1) is 5.92 Å². The van der Waals surface area contributed by atoms with Crippen LogP contribution >= 0.6 is 0 Å². The Morgan fingerprint density at radius 2 is 1.86 bits per heavy atom. The number of nitrogens with two attached hydrogens (primary N) is 1. The van der Waals surface area contributed by atoms with Crippen LogP contribution in [0.3, 0.4) is 0 Å². The molecule has 2 fully saturated rings. The van der Waals surface area contributed by atoms with Crippen molar-refractivity contribution in [2.24, 2.45) is 23.7 Å². The molecule has 0 aromatic carbocycles. The summed E-state index contributed by atoms with van der Waals surface area (Å²) in [4.78, 5) is 20.3. The summed E-state index contributed by atoms with van der Waals surface area (Å²) in [6, 6.07) is 4.29. The zero-order valence-corrected chi connectivity index (χ0v) is 17.4. The highest BCUT2D eigenvalue weighted by Gasteiger charge is 2.32. The number of piperidine rings is 1. The lowest BCUT2D eigenvalue weighted by molar-refractivity contribution is 0.118. The van der Waals surface area contributed by atoms with Crippen LogP contribution in [0.15, 0.2) is 35.7 Å². The van der Waals surface area contributed by atoms with Crippen molar-refractivity contribution in [2.45, 2.75) is 18.9 Å². The Kier molecular flexibility index (Phi) is 5.94. The lowest BCUT2D eigenvalue weighted by Crippen LogP contribution is -2.51. The summed E-state index contributed by atoms with van der Waals surface area (Å²) < 4.78 is 1.98. The van der Waals surface area contributed by atoms with Gasteiger partial charge in [0, 0.05) is 58.4 Å². The van der Waals surface area contributed by atoms with Crippen molar-refractivity contribution in [3.05, 3.63) is 36.4 Å². The van der Waals surface area contributed by atoms with Gasteiger partial charge in [-0.15, -0.1) is 0 Å². The molecule has 2 saturated heterocycles. The van der Waals surface area contributed by atoms with Crippen molar-refractivity contribution in [2.75, 3.05) is 51.2 Å². The number of hydrogen-bond acceptors (Lipinski definition) is 6. The molecule has 9 nitrogen and oxygen atoms in total. The number of nitrogens with zero attached hydrogens (tertiary/aromatic N) is 8. The molecule has 156 valence electrons. The van der Waals surface area contributed by atoms with Crippen molar-refractivity contribution < 1.29 is 0 Å². The zero-order chi connectivity index (χ0) is 20.2. The van der Waals surface area contributed by atoms with E-state index < -0.39 is 0 Å². The number of aromatic nitrogens is 4. The van der Waals surface area contributed by atoms with E-state index in [4.69, 9.17) is 10.7 Å². The van der Waals surface area contributed by atoms with Crippen molar-refractivity contribution >= 4 is 11.9 Å². The molecule has 2 N–H and O–H groups in total. The average molecular weight is 398 g/mol. The number of aliphatic imine (C=N–C) groups is 1. The Bertz CT molecular complexity index is 810. The second kappa shape index (κ2) is 8.77. The van der Waals surface area contributed by atoms with Gasteiger partial charge < -0.3 is 15.5 Å². The summed E-state index contributed by atoms with van der Waals surface area (Å²) in [6.07, 6.45) is 7.80. The Labute approximate surface area is 172 Å². The van der Waals surface area contributed by atoms with E-state index in [1.54, 1.807) is 12.4 Å². The van der Waals surface area contributed by atoms with Gasteiger partial charge in [-0.3, -0.25) is 14.6 Å². The summed E-state index contributed by atoms with van der Waals surface area (Å²) in [6.45, 7) is 5.23. The van der Waals surface area contributed by atoms with Crippen LogP contribution in [0.5, 0.6) is 0 Å².